The topological polar surface area (TPSA) is 96.4 Å². The highest BCUT2D eigenvalue weighted by Crippen LogP contribution is 2.02. The molecule has 0 aliphatic rings. The van der Waals surface area contributed by atoms with Gasteiger partial charge in [0.15, 0.2) is 0 Å². The number of carbonyl (C=O) groups excluding carboxylic acids is 1. The molecule has 7 heteroatoms. The van der Waals surface area contributed by atoms with Crippen molar-refractivity contribution in [1.82, 2.24) is 10.3 Å². The van der Waals surface area contributed by atoms with Crippen molar-refractivity contribution in [1.29, 1.82) is 0 Å². The van der Waals surface area contributed by atoms with E-state index in [1.807, 2.05) is 6.92 Å². The molecule has 0 aliphatic heterocycles. The zero-order valence-electron chi connectivity index (χ0n) is 11.0. The van der Waals surface area contributed by atoms with Gasteiger partial charge in [-0.1, -0.05) is 13.0 Å². The molecule has 1 heterocycles. The monoisotopic (exact) mass is 296 g/mol. The Balaban J connectivity index is 2.53. The first kappa shape index (κ1) is 16.0. The maximum Gasteiger partial charge on any atom is 0.328 e. The number of aliphatic carboxylic acids is 1. The van der Waals surface area contributed by atoms with Crippen molar-refractivity contribution in [2.45, 2.75) is 6.92 Å². The summed E-state index contributed by atoms with van der Waals surface area (Å²) >= 11 is 0. The molecule has 0 saturated carbocycles. The third kappa shape index (κ3) is 5.75. The van der Waals surface area contributed by atoms with Gasteiger partial charge in [-0.2, -0.15) is 0 Å². The lowest BCUT2D eigenvalue weighted by Gasteiger charge is -2.04. The number of nitrogens with one attached hydrogen (secondary N) is 1. The Morgan fingerprint density at radius 2 is 2.20 bits per heavy atom. The van der Waals surface area contributed by atoms with Crippen molar-refractivity contribution in [2.24, 2.45) is 0 Å². The van der Waals surface area contributed by atoms with Crippen LogP contribution in [0.5, 0.6) is 0 Å². The van der Waals surface area contributed by atoms with Crippen LogP contribution in [0.15, 0.2) is 24.4 Å². The molecule has 0 radical (unpaired) electrons. The molecule has 0 aromatic carbocycles. The second-order valence-electron chi connectivity index (χ2n) is 3.84. The van der Waals surface area contributed by atoms with Gasteiger partial charge in [0.2, 0.25) is 0 Å². The van der Waals surface area contributed by atoms with Crippen LogP contribution in [0.3, 0.4) is 0 Å². The van der Waals surface area contributed by atoms with Gasteiger partial charge in [0.1, 0.15) is 5.69 Å². The normalized spacial score (nSPS) is 12.2. The average molecular weight is 296 g/mol. The Bertz CT molecular complexity index is 526. The third-order valence-corrected chi connectivity index (χ3v) is 3.68. The predicted octanol–water partition coefficient (Wildman–Crippen LogP) is 0.678. The lowest BCUT2D eigenvalue weighted by atomic mass is 10.2. The molecule has 1 aromatic heterocycles. The highest BCUT2D eigenvalue weighted by molar-refractivity contribution is 7.84. The number of pyridine rings is 1. The van der Waals surface area contributed by atoms with E-state index in [2.05, 4.69) is 10.3 Å². The molecule has 1 amide bonds. The van der Waals surface area contributed by atoms with Crippen LogP contribution in [0.2, 0.25) is 0 Å². The van der Waals surface area contributed by atoms with E-state index in [-0.39, 0.29) is 11.6 Å². The van der Waals surface area contributed by atoms with E-state index in [0.29, 0.717) is 23.6 Å². The highest BCUT2D eigenvalue weighted by atomic mass is 32.2. The Morgan fingerprint density at radius 1 is 1.45 bits per heavy atom. The smallest absolute Gasteiger partial charge is 0.328 e. The summed E-state index contributed by atoms with van der Waals surface area (Å²) in [6, 6.07) is 3.11. The number of carboxylic acid groups (broad SMARTS) is 1. The van der Waals surface area contributed by atoms with E-state index >= 15 is 0 Å². The van der Waals surface area contributed by atoms with Crippen LogP contribution in [-0.2, 0) is 15.6 Å². The minimum absolute atomic E-state index is 0.236. The standard InChI is InChI=1S/C13H16N2O4S/c1-2-20(19)8-7-14-13(18)11-5-3-10(9-15-11)4-6-12(16)17/h3-6,9H,2,7-8H2,1H3,(H,14,18)(H,16,17)/b6-4+. The summed E-state index contributed by atoms with van der Waals surface area (Å²) in [7, 11) is -0.911. The van der Waals surface area contributed by atoms with Crippen molar-refractivity contribution < 1.29 is 18.9 Å². The number of hydrogen-bond donors (Lipinski definition) is 2. The number of aromatic nitrogens is 1. The minimum Gasteiger partial charge on any atom is -0.478 e. The molecule has 108 valence electrons. The van der Waals surface area contributed by atoms with Crippen molar-refractivity contribution in [2.75, 3.05) is 18.1 Å². The second kappa shape index (κ2) is 8.21. The van der Waals surface area contributed by atoms with Gasteiger partial charge in [0.05, 0.1) is 0 Å². The number of nitrogens with zero attached hydrogens (tertiary/aromatic N) is 1. The maximum atomic E-state index is 11.7. The molecule has 0 aliphatic carbocycles. The Hall–Kier alpha value is -2.02. The van der Waals surface area contributed by atoms with Crippen molar-refractivity contribution in [3.63, 3.8) is 0 Å². The third-order valence-electron chi connectivity index (χ3n) is 2.37. The van der Waals surface area contributed by atoms with E-state index in [9.17, 15) is 13.8 Å². The summed E-state index contributed by atoms with van der Waals surface area (Å²) in [4.78, 5) is 26.0. The van der Waals surface area contributed by atoms with Gasteiger partial charge in [0, 0.05) is 41.1 Å². The quantitative estimate of drug-likeness (QED) is 0.721. The molecular formula is C13H16N2O4S. The van der Waals surface area contributed by atoms with E-state index in [1.54, 1.807) is 6.07 Å². The van der Waals surface area contributed by atoms with Gasteiger partial charge in [-0.25, -0.2) is 4.79 Å². The fourth-order valence-electron chi connectivity index (χ4n) is 1.32. The fourth-order valence-corrected chi connectivity index (χ4v) is 1.94. The summed E-state index contributed by atoms with van der Waals surface area (Å²) in [5.74, 6) is -0.400. The van der Waals surface area contributed by atoms with Crippen molar-refractivity contribution in [3.05, 3.63) is 35.7 Å². The van der Waals surface area contributed by atoms with Gasteiger partial charge in [0.25, 0.3) is 5.91 Å². The average Bonchev–Trinajstić information content (AvgIpc) is 2.45. The summed E-state index contributed by atoms with van der Waals surface area (Å²) in [6.07, 6.45) is 3.80. The molecular weight excluding hydrogens is 280 g/mol. The first-order valence-electron chi connectivity index (χ1n) is 6.03. The van der Waals surface area contributed by atoms with Crippen LogP contribution < -0.4 is 5.32 Å². The van der Waals surface area contributed by atoms with Crippen LogP contribution in [0.4, 0.5) is 0 Å². The van der Waals surface area contributed by atoms with Crippen LogP contribution in [-0.4, -0.2) is 44.2 Å². The largest absolute Gasteiger partial charge is 0.478 e. The van der Waals surface area contributed by atoms with E-state index in [4.69, 9.17) is 5.11 Å². The number of amides is 1. The molecule has 1 atom stereocenters. The number of rotatable bonds is 7. The van der Waals surface area contributed by atoms with Crippen LogP contribution in [0, 0.1) is 0 Å². The predicted molar refractivity (Wildman–Crippen MR) is 76.8 cm³/mol. The van der Waals surface area contributed by atoms with Gasteiger partial charge >= 0.3 is 5.97 Å². The van der Waals surface area contributed by atoms with E-state index in [1.165, 1.54) is 18.3 Å². The van der Waals surface area contributed by atoms with Crippen LogP contribution in [0.1, 0.15) is 23.0 Å². The Labute approximate surface area is 119 Å². The zero-order chi connectivity index (χ0) is 15.0. The molecule has 6 nitrogen and oxygen atoms in total. The molecule has 0 bridgehead atoms. The number of hydrogen-bond acceptors (Lipinski definition) is 4. The maximum absolute atomic E-state index is 11.7. The summed E-state index contributed by atoms with van der Waals surface area (Å²) < 4.78 is 11.2. The summed E-state index contributed by atoms with van der Waals surface area (Å²) in [5.41, 5.74) is 0.829. The molecule has 0 fully saturated rings. The van der Waals surface area contributed by atoms with Gasteiger partial charge < -0.3 is 10.4 Å². The second-order valence-corrected chi connectivity index (χ2v) is 5.70. The Kier molecular flexibility index (Phi) is 6.58. The van der Waals surface area contributed by atoms with E-state index < -0.39 is 16.8 Å². The minimum atomic E-state index is -1.05. The SMILES string of the molecule is CCS(=O)CCNC(=O)c1ccc(/C=C/C(=O)O)cn1. The van der Waals surface area contributed by atoms with Crippen LogP contribution >= 0.6 is 0 Å². The lowest BCUT2D eigenvalue weighted by Crippen LogP contribution is -2.28. The number of carbonyl (C=O) groups is 2. The molecule has 1 aromatic rings. The van der Waals surface area contributed by atoms with E-state index in [0.717, 1.165) is 6.08 Å². The molecule has 0 saturated heterocycles. The molecule has 2 N–H and O–H groups in total. The summed E-state index contributed by atoms with van der Waals surface area (Å²) in [5, 5.41) is 11.1. The molecule has 20 heavy (non-hydrogen) atoms. The zero-order valence-corrected chi connectivity index (χ0v) is 11.9. The van der Waals surface area contributed by atoms with Gasteiger partial charge in [-0.05, 0) is 17.7 Å². The van der Waals surface area contributed by atoms with Crippen LogP contribution in [0.25, 0.3) is 6.08 Å². The summed E-state index contributed by atoms with van der Waals surface area (Å²) in [6.45, 7) is 2.16. The fraction of sp³-hybridized carbons (Fsp3) is 0.308. The molecule has 1 unspecified atom stereocenters. The van der Waals surface area contributed by atoms with Crippen molar-refractivity contribution in [3.8, 4) is 0 Å². The Morgan fingerprint density at radius 3 is 2.75 bits per heavy atom. The highest BCUT2D eigenvalue weighted by Gasteiger charge is 2.06. The molecule has 1 rings (SSSR count). The lowest BCUT2D eigenvalue weighted by molar-refractivity contribution is -0.131. The number of carboxylic acids is 1. The van der Waals surface area contributed by atoms with Gasteiger partial charge in [-0.3, -0.25) is 14.0 Å². The molecule has 0 spiro atoms. The first-order chi connectivity index (χ1) is 9.52. The first-order valence-corrected chi connectivity index (χ1v) is 7.52. The van der Waals surface area contributed by atoms with Gasteiger partial charge in [-0.15, -0.1) is 0 Å². The van der Waals surface area contributed by atoms with Crippen molar-refractivity contribution >= 4 is 28.8 Å².